The van der Waals surface area contributed by atoms with E-state index >= 15 is 0 Å². The molecule has 0 atom stereocenters. The third-order valence-corrected chi connectivity index (χ3v) is 21.7. The zero-order valence-corrected chi connectivity index (χ0v) is 60.7. The van der Waals surface area contributed by atoms with Gasteiger partial charge in [-0.2, -0.15) is 0 Å². The fourth-order valence-corrected chi connectivity index (χ4v) is 16.4. The number of hydrogen-bond acceptors (Lipinski definition) is 5. The summed E-state index contributed by atoms with van der Waals surface area (Å²) in [6.07, 6.45) is 0. The van der Waals surface area contributed by atoms with Crippen molar-refractivity contribution in [2.75, 3.05) is 0 Å². The molecule has 0 saturated heterocycles. The van der Waals surface area contributed by atoms with Crippen LogP contribution in [0.5, 0.6) is 0 Å². The lowest BCUT2D eigenvalue weighted by molar-refractivity contribution is 1.07. The first-order valence-corrected chi connectivity index (χ1v) is 37.9. The third kappa shape index (κ3) is 11.5. The quantitative estimate of drug-likeness (QED) is 0.122. The molecule has 524 valence electrons. The molecule has 0 aliphatic heterocycles. The Morgan fingerprint density at radius 1 is 0.134 bits per heavy atom. The van der Waals surface area contributed by atoms with Crippen LogP contribution in [0, 0.1) is 0 Å². The molecule has 0 aliphatic rings. The van der Waals surface area contributed by atoms with Crippen molar-refractivity contribution in [2.24, 2.45) is 0 Å². The maximum absolute atomic E-state index is 5.08. The molecule has 112 heavy (non-hydrogen) atoms. The van der Waals surface area contributed by atoms with Crippen LogP contribution in [0.25, 0.3) is 200 Å². The Hall–Kier alpha value is -15.2. The molecule has 6 heterocycles. The lowest BCUT2D eigenvalue weighted by Gasteiger charge is -2.12. The molecular weight excluding hydrogens is 1360 g/mol. The van der Waals surface area contributed by atoms with E-state index in [9.17, 15) is 0 Å². The topological polar surface area (TPSA) is 84.2 Å². The number of benzene rings is 16. The van der Waals surface area contributed by atoms with Gasteiger partial charge in [0.05, 0.1) is 55.5 Å². The maximum Gasteiger partial charge on any atom is 0.164 e. The highest BCUT2D eigenvalue weighted by atomic mass is 15.0. The molecule has 0 amide bonds. The van der Waals surface area contributed by atoms with E-state index in [0.29, 0.717) is 23.3 Å². The summed E-state index contributed by atoms with van der Waals surface area (Å²) in [6, 6.07) is 144. The molecule has 22 rings (SSSR count). The van der Waals surface area contributed by atoms with Crippen LogP contribution in [0.2, 0.25) is 0 Å². The van der Waals surface area contributed by atoms with Gasteiger partial charge in [-0.25, -0.2) is 24.9 Å². The van der Waals surface area contributed by atoms with E-state index in [4.69, 9.17) is 24.9 Å². The van der Waals surface area contributed by atoms with Gasteiger partial charge in [0.2, 0.25) is 0 Å². The molecule has 9 nitrogen and oxygen atoms in total. The zero-order valence-electron chi connectivity index (χ0n) is 60.7. The van der Waals surface area contributed by atoms with Gasteiger partial charge in [-0.15, -0.1) is 0 Å². The van der Waals surface area contributed by atoms with E-state index in [1.165, 1.54) is 98.4 Å². The zero-order chi connectivity index (χ0) is 74.0. The minimum Gasteiger partial charge on any atom is -0.309 e. The van der Waals surface area contributed by atoms with E-state index in [1.54, 1.807) is 0 Å². The number of aromatic nitrogens is 9. The van der Waals surface area contributed by atoms with Crippen LogP contribution in [0.15, 0.2) is 406 Å². The van der Waals surface area contributed by atoms with Crippen molar-refractivity contribution in [2.45, 2.75) is 0 Å². The number of nitrogens with zero attached hydrogens (tertiary/aromatic N) is 9. The Balaban J connectivity index is 0.000000141. The lowest BCUT2D eigenvalue weighted by atomic mass is 10.0. The highest BCUT2D eigenvalue weighted by Gasteiger charge is 2.22. The summed E-state index contributed by atoms with van der Waals surface area (Å²) in [6.45, 7) is 0. The SMILES string of the molecule is c1ccc(-c2cc(-c3ccc(-n4c5ccccc5c5ccc(-c6ccc7c(c6)c6ccccc6n7-c6ccccc6)cc54)cc3)nc(-c3ccccc3)n2)cc1.c1ccc(-c2nc(-c3ccccc3)nc(-c3ccc(-n4c5ccccc5c5cc(-c6ccc7c8ccccc8n(-c8ccccc8)c7c6)ccc54)cc3)n2)cc1. The van der Waals surface area contributed by atoms with E-state index in [0.717, 1.165) is 78.6 Å². The van der Waals surface area contributed by atoms with Gasteiger partial charge in [0.1, 0.15) is 0 Å². The Bertz CT molecular complexity index is 7200. The van der Waals surface area contributed by atoms with Crippen molar-refractivity contribution in [1.82, 2.24) is 43.2 Å². The smallest absolute Gasteiger partial charge is 0.164 e. The first-order chi connectivity index (χ1) is 55.5. The fraction of sp³-hybridized carbons (Fsp3) is 0. The average molecular weight is 1430 g/mol. The fourth-order valence-electron chi connectivity index (χ4n) is 16.4. The van der Waals surface area contributed by atoms with E-state index < -0.39 is 0 Å². The van der Waals surface area contributed by atoms with Crippen molar-refractivity contribution < 1.29 is 0 Å². The van der Waals surface area contributed by atoms with Gasteiger partial charge in [-0.05, 0) is 150 Å². The number of rotatable bonds is 12. The van der Waals surface area contributed by atoms with E-state index in [-0.39, 0.29) is 0 Å². The molecular formula is C103H67N9. The average Bonchev–Trinajstić information content (AvgIpc) is 1.59. The predicted octanol–water partition coefficient (Wildman–Crippen LogP) is 26.1. The summed E-state index contributed by atoms with van der Waals surface area (Å²) in [4.78, 5) is 24.8. The second kappa shape index (κ2) is 27.5. The molecule has 0 fully saturated rings. The molecule has 0 saturated carbocycles. The molecule has 22 aromatic rings. The van der Waals surface area contributed by atoms with Crippen LogP contribution in [0.1, 0.15) is 0 Å². The van der Waals surface area contributed by atoms with E-state index in [2.05, 4.69) is 328 Å². The van der Waals surface area contributed by atoms with Crippen molar-refractivity contribution in [3.63, 3.8) is 0 Å². The van der Waals surface area contributed by atoms with Gasteiger partial charge in [0, 0.05) is 99.2 Å². The van der Waals surface area contributed by atoms with Gasteiger partial charge in [0.25, 0.3) is 0 Å². The Morgan fingerprint density at radius 2 is 0.366 bits per heavy atom. The highest BCUT2D eigenvalue weighted by molar-refractivity contribution is 6.15. The molecule has 0 spiro atoms. The standard InChI is InChI=1S/C52H34N4.C51H33N5/c1-4-14-35(15-5-1)46-34-47(54-52(53-46)37-16-6-2-7-17-37)36-24-28-41(29-25-36)56-48-22-12-10-20-42(48)44-30-26-39(33-51(44)56)38-27-31-50-45(32-38)43-21-11-13-23-49(43)55(50)40-18-8-3-9-19-40;1-4-14-34(15-5-1)49-52-50(35-16-6-2-7-17-35)54-51(53-49)36-24-28-40(29-25-36)55-46-23-13-11-21-42(46)44-32-37(27-31-47(44)55)38-26-30-43-41-20-10-12-22-45(41)56(48(43)33-38)39-18-8-3-9-19-39/h1-34H;1-33H. The third-order valence-electron chi connectivity index (χ3n) is 21.7. The van der Waals surface area contributed by atoms with Crippen LogP contribution in [0.3, 0.4) is 0 Å². The minimum atomic E-state index is 0.638. The van der Waals surface area contributed by atoms with Crippen molar-refractivity contribution >= 4 is 87.2 Å². The molecule has 9 heteroatoms. The van der Waals surface area contributed by atoms with Crippen LogP contribution in [-0.2, 0) is 0 Å². The molecule has 0 aliphatic carbocycles. The maximum atomic E-state index is 5.08. The van der Waals surface area contributed by atoms with Gasteiger partial charge in [-0.3, -0.25) is 0 Å². The van der Waals surface area contributed by atoms with Gasteiger partial charge >= 0.3 is 0 Å². The number of hydrogen-bond donors (Lipinski definition) is 0. The summed E-state index contributed by atoms with van der Waals surface area (Å²) in [7, 11) is 0. The van der Waals surface area contributed by atoms with Crippen LogP contribution >= 0.6 is 0 Å². The summed E-state index contributed by atoms with van der Waals surface area (Å²) in [5, 5.41) is 9.88. The van der Waals surface area contributed by atoms with Crippen molar-refractivity contribution in [1.29, 1.82) is 0 Å². The molecule has 6 aromatic heterocycles. The highest BCUT2D eigenvalue weighted by Crippen LogP contribution is 2.42. The van der Waals surface area contributed by atoms with Crippen molar-refractivity contribution in [3.05, 3.63) is 406 Å². The molecule has 0 unspecified atom stereocenters. The molecule has 0 radical (unpaired) electrons. The number of para-hydroxylation sites is 6. The monoisotopic (exact) mass is 1430 g/mol. The predicted molar refractivity (Wildman–Crippen MR) is 463 cm³/mol. The lowest BCUT2D eigenvalue weighted by Crippen LogP contribution is -2.00. The van der Waals surface area contributed by atoms with Crippen LogP contribution in [-0.4, -0.2) is 43.2 Å². The van der Waals surface area contributed by atoms with E-state index in [1.807, 2.05) is 97.1 Å². The van der Waals surface area contributed by atoms with Crippen LogP contribution < -0.4 is 0 Å². The summed E-state index contributed by atoms with van der Waals surface area (Å²) in [5.41, 5.74) is 26.4. The second-order valence-electron chi connectivity index (χ2n) is 28.3. The van der Waals surface area contributed by atoms with Crippen molar-refractivity contribution in [3.8, 4) is 113 Å². The summed E-state index contributed by atoms with van der Waals surface area (Å²) < 4.78 is 9.49. The molecule has 0 bridgehead atoms. The second-order valence-corrected chi connectivity index (χ2v) is 28.3. The normalized spacial score (nSPS) is 11.6. The first kappa shape index (κ1) is 65.1. The van der Waals surface area contributed by atoms with Gasteiger partial charge in [-0.1, -0.05) is 279 Å². The number of fused-ring (bicyclic) bond motifs is 12. The van der Waals surface area contributed by atoms with Gasteiger partial charge in [0.15, 0.2) is 23.3 Å². The Labute approximate surface area is 645 Å². The summed E-state index contributed by atoms with van der Waals surface area (Å²) >= 11 is 0. The first-order valence-electron chi connectivity index (χ1n) is 37.9. The Morgan fingerprint density at radius 3 is 0.741 bits per heavy atom. The largest absolute Gasteiger partial charge is 0.309 e. The van der Waals surface area contributed by atoms with Crippen LogP contribution in [0.4, 0.5) is 0 Å². The minimum absolute atomic E-state index is 0.638. The Kier molecular flexibility index (Phi) is 16.0. The summed E-state index contributed by atoms with van der Waals surface area (Å²) in [5.74, 6) is 2.65. The molecule has 16 aromatic carbocycles. The molecule has 0 N–H and O–H groups in total. The van der Waals surface area contributed by atoms with Gasteiger partial charge < -0.3 is 18.3 Å².